The fourth-order valence-corrected chi connectivity index (χ4v) is 2.34. The van der Waals surface area contributed by atoms with Crippen molar-refractivity contribution >= 4 is 6.08 Å². The minimum atomic E-state index is -1.22. The number of alkyl halides is 1. The summed E-state index contributed by atoms with van der Waals surface area (Å²) in [6, 6.07) is 6.07. The Labute approximate surface area is 142 Å². The van der Waals surface area contributed by atoms with Crippen LogP contribution >= 0.6 is 0 Å². The van der Waals surface area contributed by atoms with E-state index in [0.29, 0.717) is 0 Å². The van der Waals surface area contributed by atoms with E-state index in [2.05, 4.69) is 0 Å². The first-order chi connectivity index (χ1) is 12.0. The third-order valence-corrected chi connectivity index (χ3v) is 3.50. The highest BCUT2D eigenvalue weighted by atomic mass is 19.2. The molecule has 0 aliphatic rings. The molecule has 1 nitrogen and oxygen atoms in total. The second kappa shape index (κ2) is 8.65. The van der Waals surface area contributed by atoms with Crippen molar-refractivity contribution in [2.45, 2.75) is 19.8 Å². The van der Waals surface area contributed by atoms with E-state index in [1.807, 2.05) is 0 Å². The van der Waals surface area contributed by atoms with Crippen LogP contribution in [0.1, 0.15) is 25.3 Å². The average molecular weight is 356 g/mol. The van der Waals surface area contributed by atoms with Crippen molar-refractivity contribution in [3.05, 3.63) is 59.2 Å². The highest BCUT2D eigenvalue weighted by Crippen LogP contribution is 2.32. The summed E-state index contributed by atoms with van der Waals surface area (Å²) < 4.78 is 72.8. The maximum Gasteiger partial charge on any atom is 0.201 e. The van der Waals surface area contributed by atoms with Crippen molar-refractivity contribution < 1.29 is 26.7 Å². The van der Waals surface area contributed by atoms with Gasteiger partial charge in [0.25, 0.3) is 0 Å². The predicted octanol–water partition coefficient (Wildman–Crippen LogP) is 6.23. The monoisotopic (exact) mass is 356 g/mol. The van der Waals surface area contributed by atoms with Crippen LogP contribution in [0.4, 0.5) is 22.0 Å². The number of benzene rings is 2. The van der Waals surface area contributed by atoms with Crippen LogP contribution in [0.15, 0.2) is 36.2 Å². The van der Waals surface area contributed by atoms with E-state index in [-0.39, 0.29) is 41.9 Å². The molecule has 0 fully saturated rings. The fraction of sp³-hybridized carbons (Fsp3) is 0.263. The molecule has 2 rings (SSSR count). The summed E-state index contributed by atoms with van der Waals surface area (Å²) in [6.07, 6.45) is 1.04. The molecule has 2 aromatic carbocycles. The molecule has 134 valence electrons. The number of halogens is 5. The second-order valence-electron chi connectivity index (χ2n) is 5.30. The largest absolute Gasteiger partial charge is 0.491 e. The van der Waals surface area contributed by atoms with Gasteiger partial charge < -0.3 is 4.74 Å². The Kier molecular flexibility index (Phi) is 6.56. The zero-order valence-electron chi connectivity index (χ0n) is 13.6. The minimum absolute atomic E-state index is 0.0412. The molecule has 0 atom stereocenters. The molecule has 2 aromatic rings. The lowest BCUT2D eigenvalue weighted by molar-refractivity contribution is 0.314. The molecule has 0 saturated heterocycles. The summed E-state index contributed by atoms with van der Waals surface area (Å²) in [5, 5.41) is 0. The highest BCUT2D eigenvalue weighted by Gasteiger charge is 2.18. The third kappa shape index (κ3) is 4.59. The molecule has 0 saturated carbocycles. The molecule has 0 aliphatic carbocycles. The molecule has 0 bridgehead atoms. The molecule has 6 heteroatoms. The molecule has 0 spiro atoms. The summed E-state index contributed by atoms with van der Waals surface area (Å²) >= 11 is 0. The average Bonchev–Trinajstić information content (AvgIpc) is 2.58. The third-order valence-electron chi connectivity index (χ3n) is 3.50. The first kappa shape index (κ1) is 19.0. The van der Waals surface area contributed by atoms with Crippen LogP contribution in [-0.4, -0.2) is 13.3 Å². The normalized spacial score (nSPS) is 11.7. The van der Waals surface area contributed by atoms with Gasteiger partial charge >= 0.3 is 0 Å². The lowest BCUT2D eigenvalue weighted by atomic mass is 10.0. The SMILES string of the molecule is CCOc1ccc(-c2ccc(C=C(F)CCCF)cc2F)c(F)c1F. The van der Waals surface area contributed by atoms with Gasteiger partial charge in [-0.2, -0.15) is 4.39 Å². The van der Waals surface area contributed by atoms with Gasteiger partial charge in [0.15, 0.2) is 11.6 Å². The van der Waals surface area contributed by atoms with Crippen molar-refractivity contribution in [3.8, 4) is 16.9 Å². The highest BCUT2D eigenvalue weighted by molar-refractivity contribution is 5.68. The minimum Gasteiger partial charge on any atom is -0.491 e. The van der Waals surface area contributed by atoms with Crippen molar-refractivity contribution in [3.63, 3.8) is 0 Å². The molecule has 0 amide bonds. The van der Waals surface area contributed by atoms with E-state index in [4.69, 9.17) is 4.74 Å². The number of hydrogen-bond acceptors (Lipinski definition) is 1. The van der Waals surface area contributed by atoms with Crippen LogP contribution in [0.2, 0.25) is 0 Å². The van der Waals surface area contributed by atoms with Crippen LogP contribution in [0, 0.1) is 17.5 Å². The van der Waals surface area contributed by atoms with E-state index in [9.17, 15) is 22.0 Å². The molecule has 0 heterocycles. The Morgan fingerprint density at radius 1 is 1.04 bits per heavy atom. The standard InChI is InChI=1S/C19H17F5O/c1-2-25-17-8-7-15(18(23)19(17)24)14-6-5-12(11-16(14)22)10-13(21)4-3-9-20/h5-8,10-11H,2-4,9H2,1H3. The summed E-state index contributed by atoms with van der Waals surface area (Å²) in [6.45, 7) is 1.15. The van der Waals surface area contributed by atoms with Gasteiger partial charge in [-0.3, -0.25) is 4.39 Å². The van der Waals surface area contributed by atoms with Gasteiger partial charge in [0, 0.05) is 17.5 Å². The van der Waals surface area contributed by atoms with Crippen LogP contribution in [-0.2, 0) is 0 Å². The number of rotatable bonds is 7. The molecule has 0 aromatic heterocycles. The summed E-state index contributed by atoms with van der Waals surface area (Å²) in [5.74, 6) is -4.07. The Morgan fingerprint density at radius 2 is 1.76 bits per heavy atom. The molecule has 0 unspecified atom stereocenters. The zero-order valence-corrected chi connectivity index (χ0v) is 13.6. The van der Waals surface area contributed by atoms with Crippen molar-refractivity contribution in [1.82, 2.24) is 0 Å². The first-order valence-electron chi connectivity index (χ1n) is 7.80. The second-order valence-corrected chi connectivity index (χ2v) is 5.30. The van der Waals surface area contributed by atoms with E-state index in [1.165, 1.54) is 24.3 Å². The molecule has 0 N–H and O–H groups in total. The quantitative estimate of drug-likeness (QED) is 0.534. The van der Waals surface area contributed by atoms with E-state index >= 15 is 0 Å². The first-order valence-corrected chi connectivity index (χ1v) is 7.80. The van der Waals surface area contributed by atoms with Crippen LogP contribution in [0.3, 0.4) is 0 Å². The Bertz CT molecular complexity index is 771. The van der Waals surface area contributed by atoms with Gasteiger partial charge in [-0.1, -0.05) is 12.1 Å². The van der Waals surface area contributed by atoms with Gasteiger partial charge in [0.05, 0.1) is 13.3 Å². The molecule has 0 aliphatic heterocycles. The summed E-state index contributed by atoms with van der Waals surface area (Å²) in [4.78, 5) is 0. The van der Waals surface area contributed by atoms with E-state index < -0.39 is 30.0 Å². The lowest BCUT2D eigenvalue weighted by Crippen LogP contribution is -1.99. The lowest BCUT2D eigenvalue weighted by Gasteiger charge is -2.10. The Hall–Kier alpha value is -2.37. The smallest absolute Gasteiger partial charge is 0.201 e. The molecule has 0 radical (unpaired) electrons. The van der Waals surface area contributed by atoms with Crippen LogP contribution < -0.4 is 4.74 Å². The maximum atomic E-state index is 14.3. The van der Waals surface area contributed by atoms with Crippen LogP contribution in [0.5, 0.6) is 5.75 Å². The molecular formula is C19H17F5O. The van der Waals surface area contributed by atoms with Gasteiger partial charge in [-0.15, -0.1) is 0 Å². The Balaban J connectivity index is 2.34. The van der Waals surface area contributed by atoms with Crippen molar-refractivity contribution in [2.24, 2.45) is 0 Å². The number of allylic oxidation sites excluding steroid dienone is 1. The van der Waals surface area contributed by atoms with Crippen molar-refractivity contribution in [2.75, 3.05) is 13.3 Å². The zero-order chi connectivity index (χ0) is 18.4. The molecule has 25 heavy (non-hydrogen) atoms. The molecular weight excluding hydrogens is 339 g/mol. The predicted molar refractivity (Wildman–Crippen MR) is 87.2 cm³/mol. The topological polar surface area (TPSA) is 9.23 Å². The van der Waals surface area contributed by atoms with E-state index in [1.54, 1.807) is 6.92 Å². The summed E-state index contributed by atoms with van der Waals surface area (Å²) in [7, 11) is 0. The fourth-order valence-electron chi connectivity index (χ4n) is 2.34. The maximum absolute atomic E-state index is 14.3. The van der Waals surface area contributed by atoms with Crippen molar-refractivity contribution in [1.29, 1.82) is 0 Å². The van der Waals surface area contributed by atoms with Crippen LogP contribution in [0.25, 0.3) is 17.2 Å². The number of hydrogen-bond donors (Lipinski definition) is 0. The van der Waals surface area contributed by atoms with Gasteiger partial charge in [-0.05, 0) is 43.2 Å². The van der Waals surface area contributed by atoms with Gasteiger partial charge in [-0.25, -0.2) is 13.2 Å². The van der Waals surface area contributed by atoms with Gasteiger partial charge in [0.2, 0.25) is 5.82 Å². The Morgan fingerprint density at radius 3 is 2.40 bits per heavy atom. The van der Waals surface area contributed by atoms with E-state index in [0.717, 1.165) is 12.1 Å². The number of ether oxygens (including phenoxy) is 1. The summed E-state index contributed by atoms with van der Waals surface area (Å²) in [5.41, 5.74) is -0.197. The van der Waals surface area contributed by atoms with Gasteiger partial charge in [0.1, 0.15) is 11.6 Å².